The van der Waals surface area contributed by atoms with Crippen LogP contribution in [0.25, 0.3) is 5.57 Å². The summed E-state index contributed by atoms with van der Waals surface area (Å²) in [6, 6.07) is 2.84. The fourth-order valence-electron chi connectivity index (χ4n) is 1.10. The number of amides is 2. The van der Waals surface area contributed by atoms with E-state index in [9.17, 15) is 14.4 Å². The molecule has 2 heterocycles. The molecule has 4 N–H and O–H groups in total. The first-order valence-electron chi connectivity index (χ1n) is 5.15. The zero-order valence-electron chi connectivity index (χ0n) is 9.70. The maximum atomic E-state index is 11.1. The molecular weight excluding hydrogens is 288 g/mol. The lowest BCUT2D eigenvalue weighted by Crippen LogP contribution is -2.31. The zero-order valence-corrected chi connectivity index (χ0v) is 11.4. The van der Waals surface area contributed by atoms with Crippen LogP contribution in [0.4, 0.5) is 0 Å². The number of thiol groups is 1. The van der Waals surface area contributed by atoms with Crippen molar-refractivity contribution in [3.05, 3.63) is 28.5 Å². The van der Waals surface area contributed by atoms with Gasteiger partial charge in [0, 0.05) is 16.7 Å². The normalized spacial score (nSPS) is 15.2. The van der Waals surface area contributed by atoms with Crippen LogP contribution in [-0.4, -0.2) is 34.7 Å². The van der Waals surface area contributed by atoms with Crippen molar-refractivity contribution < 1.29 is 19.5 Å². The molecule has 102 valence electrons. The molecule has 8 heteroatoms. The maximum absolute atomic E-state index is 11.1. The first-order valence-corrected chi connectivity index (χ1v) is 6.67. The summed E-state index contributed by atoms with van der Waals surface area (Å²) in [5.74, 6) is -1.45. The average molecular weight is 300 g/mol. The second kappa shape index (κ2) is 7.07. The number of carbonyl (C=O) groups excluding carboxylic acids is 2. The highest BCUT2D eigenvalue weighted by molar-refractivity contribution is 7.80. The van der Waals surface area contributed by atoms with Gasteiger partial charge >= 0.3 is 5.97 Å². The molecule has 1 aliphatic heterocycles. The number of carboxylic acid groups (broad SMARTS) is 1. The van der Waals surface area contributed by atoms with E-state index in [1.165, 1.54) is 17.4 Å². The van der Waals surface area contributed by atoms with Crippen molar-refractivity contribution in [1.29, 1.82) is 0 Å². The van der Waals surface area contributed by atoms with E-state index in [1.54, 1.807) is 0 Å². The van der Waals surface area contributed by atoms with Crippen molar-refractivity contribution in [3.8, 4) is 0 Å². The molecule has 0 aliphatic carbocycles. The van der Waals surface area contributed by atoms with Crippen LogP contribution in [0.5, 0.6) is 0 Å². The number of rotatable bonds is 3. The molecule has 1 aromatic heterocycles. The lowest BCUT2D eigenvalue weighted by molar-refractivity contribution is -0.138. The Morgan fingerprint density at radius 2 is 2.21 bits per heavy atom. The highest BCUT2D eigenvalue weighted by atomic mass is 32.1. The van der Waals surface area contributed by atoms with Gasteiger partial charge in [-0.15, -0.1) is 11.3 Å². The Hall–Kier alpha value is -1.64. The molecule has 2 amide bonds. The molecule has 0 aromatic carbocycles. The highest BCUT2D eigenvalue weighted by Gasteiger charge is 2.22. The number of hydrogen-bond acceptors (Lipinski definition) is 6. The molecule has 0 unspecified atom stereocenters. The predicted octanol–water partition coefficient (Wildman–Crippen LogP) is 0.116. The van der Waals surface area contributed by atoms with E-state index < -0.39 is 12.0 Å². The summed E-state index contributed by atoms with van der Waals surface area (Å²) in [5.41, 5.74) is 5.41. The molecule has 0 saturated carbocycles. The summed E-state index contributed by atoms with van der Waals surface area (Å²) >= 11 is 5.09. The lowest BCUT2D eigenvalue weighted by atomic mass is 10.2. The number of aliphatic carboxylic acids is 1. The van der Waals surface area contributed by atoms with Crippen LogP contribution in [0.3, 0.4) is 0 Å². The van der Waals surface area contributed by atoms with E-state index in [-0.39, 0.29) is 17.6 Å². The molecule has 19 heavy (non-hydrogen) atoms. The molecule has 0 bridgehead atoms. The van der Waals surface area contributed by atoms with Crippen molar-refractivity contribution in [2.24, 2.45) is 5.73 Å². The summed E-state index contributed by atoms with van der Waals surface area (Å²) in [4.78, 5) is 32.4. The zero-order chi connectivity index (χ0) is 14.4. The topological polar surface area (TPSA) is 109 Å². The SMILES string of the molecule is N[C@@H](CS)C(=O)O.O=C1C=C(c2cccs2)C(=O)N1. The predicted molar refractivity (Wildman–Crippen MR) is 74.9 cm³/mol. The van der Waals surface area contributed by atoms with Crippen LogP contribution in [0.15, 0.2) is 23.6 Å². The monoisotopic (exact) mass is 300 g/mol. The van der Waals surface area contributed by atoms with Crippen molar-refractivity contribution in [2.45, 2.75) is 6.04 Å². The van der Waals surface area contributed by atoms with Gasteiger partial charge < -0.3 is 10.8 Å². The molecule has 6 nitrogen and oxygen atoms in total. The Morgan fingerprint density at radius 3 is 2.53 bits per heavy atom. The minimum absolute atomic E-state index is 0.190. The average Bonchev–Trinajstić information content (AvgIpc) is 2.98. The fourth-order valence-corrected chi connectivity index (χ4v) is 2.00. The number of hydrogen-bond donors (Lipinski definition) is 4. The van der Waals surface area contributed by atoms with E-state index in [2.05, 4.69) is 17.9 Å². The molecule has 1 atom stereocenters. The van der Waals surface area contributed by atoms with Gasteiger partial charge in [0.2, 0.25) is 0 Å². The Morgan fingerprint density at radius 1 is 1.53 bits per heavy atom. The smallest absolute Gasteiger partial charge is 0.321 e. The second-order valence-corrected chi connectivity index (χ2v) is 4.79. The first kappa shape index (κ1) is 15.4. The van der Waals surface area contributed by atoms with E-state index in [4.69, 9.17) is 10.8 Å². The highest BCUT2D eigenvalue weighted by Crippen LogP contribution is 2.22. The largest absolute Gasteiger partial charge is 0.480 e. The van der Waals surface area contributed by atoms with Gasteiger partial charge in [0.15, 0.2) is 0 Å². The van der Waals surface area contributed by atoms with E-state index in [1.807, 2.05) is 17.5 Å². The number of thiophene rings is 1. The minimum Gasteiger partial charge on any atom is -0.480 e. The van der Waals surface area contributed by atoms with Gasteiger partial charge in [-0.05, 0) is 11.4 Å². The van der Waals surface area contributed by atoms with E-state index in [0.29, 0.717) is 5.57 Å². The van der Waals surface area contributed by atoms with Crippen molar-refractivity contribution >= 4 is 47.3 Å². The molecule has 2 rings (SSSR count). The quantitative estimate of drug-likeness (QED) is 0.468. The van der Waals surface area contributed by atoms with Crippen molar-refractivity contribution in [3.63, 3.8) is 0 Å². The Kier molecular flexibility index (Phi) is 5.74. The van der Waals surface area contributed by atoms with Crippen molar-refractivity contribution in [2.75, 3.05) is 5.75 Å². The summed E-state index contributed by atoms with van der Waals surface area (Å²) in [6.45, 7) is 0. The Bertz CT molecular complexity index is 511. The summed E-state index contributed by atoms with van der Waals surface area (Å²) in [5, 5.41) is 12.1. The lowest BCUT2D eigenvalue weighted by Gasteiger charge is -1.96. The van der Waals surface area contributed by atoms with E-state index >= 15 is 0 Å². The third-order valence-electron chi connectivity index (χ3n) is 2.06. The van der Waals surface area contributed by atoms with Crippen LogP contribution in [0.1, 0.15) is 4.88 Å². The number of nitrogens with one attached hydrogen (secondary N) is 1. The molecular formula is C11H12N2O4S2. The second-order valence-electron chi connectivity index (χ2n) is 3.48. The van der Waals surface area contributed by atoms with Gasteiger partial charge in [-0.3, -0.25) is 19.7 Å². The van der Waals surface area contributed by atoms with Crippen LogP contribution in [0, 0.1) is 0 Å². The summed E-state index contributed by atoms with van der Waals surface area (Å²) in [7, 11) is 0. The molecule has 1 aromatic rings. The molecule has 0 radical (unpaired) electrons. The van der Waals surface area contributed by atoms with Gasteiger partial charge in [-0.25, -0.2) is 0 Å². The minimum atomic E-state index is -1.00. The van der Waals surface area contributed by atoms with Crippen LogP contribution in [0.2, 0.25) is 0 Å². The Balaban J connectivity index is 0.000000224. The molecule has 0 spiro atoms. The standard InChI is InChI=1S/C8H5NO2S.C3H7NO2S/c10-7-4-5(8(11)9-7)6-2-1-3-12-6;4-2(1-7)3(5)6/h1-4H,(H,9,10,11);2,7H,1,4H2,(H,5,6)/t;2-/m.0/s1. The van der Waals surface area contributed by atoms with Crippen LogP contribution in [-0.2, 0) is 14.4 Å². The number of carboxylic acids is 1. The molecule has 0 saturated heterocycles. The van der Waals surface area contributed by atoms with Crippen LogP contribution < -0.4 is 11.1 Å². The Labute approximate surface area is 118 Å². The van der Waals surface area contributed by atoms with Gasteiger partial charge in [0.25, 0.3) is 11.8 Å². The molecule has 1 aliphatic rings. The number of nitrogens with two attached hydrogens (primary N) is 1. The first-order chi connectivity index (χ1) is 8.95. The van der Waals surface area contributed by atoms with Crippen molar-refractivity contribution in [1.82, 2.24) is 5.32 Å². The number of carbonyl (C=O) groups is 3. The van der Waals surface area contributed by atoms with Gasteiger partial charge in [0.05, 0.1) is 5.57 Å². The summed E-state index contributed by atoms with van der Waals surface area (Å²) in [6.07, 6.45) is 1.33. The third-order valence-corrected chi connectivity index (χ3v) is 3.35. The third kappa shape index (κ3) is 4.51. The van der Waals surface area contributed by atoms with Gasteiger partial charge in [0.1, 0.15) is 6.04 Å². The van der Waals surface area contributed by atoms with Gasteiger partial charge in [-0.2, -0.15) is 12.6 Å². The summed E-state index contributed by atoms with van der Waals surface area (Å²) < 4.78 is 0. The fraction of sp³-hybridized carbons (Fsp3) is 0.182. The van der Waals surface area contributed by atoms with E-state index in [0.717, 1.165) is 4.88 Å². The number of imide groups is 1. The maximum Gasteiger partial charge on any atom is 0.321 e. The van der Waals surface area contributed by atoms with Gasteiger partial charge in [-0.1, -0.05) is 6.07 Å². The van der Waals surface area contributed by atoms with Crippen LogP contribution >= 0.6 is 24.0 Å². The molecule has 0 fully saturated rings.